The van der Waals surface area contributed by atoms with Crippen LogP contribution in [0.4, 0.5) is 0 Å². The predicted molar refractivity (Wildman–Crippen MR) is 108 cm³/mol. The Bertz CT molecular complexity index is 520. The summed E-state index contributed by atoms with van der Waals surface area (Å²) in [5, 5.41) is 7.56. The number of morpholine rings is 1. The molecule has 1 fully saturated rings. The summed E-state index contributed by atoms with van der Waals surface area (Å²) >= 11 is 7.71. The number of rotatable bonds is 8. The standard InChI is InChI=1S/C18H29ClN4OS/c1-15(14-23-8-10-24-11-9-23)13-22-18(20-2)21-7-12-25-17-5-3-16(19)4-6-17/h3-6,15H,7-14H2,1-2H3,(H2,20,21,22). The molecule has 2 rings (SSSR count). The largest absolute Gasteiger partial charge is 0.379 e. The average molecular weight is 385 g/mol. The zero-order chi connectivity index (χ0) is 17.9. The molecule has 1 aliphatic heterocycles. The fraction of sp³-hybridized carbons (Fsp3) is 0.611. The second kappa shape index (κ2) is 11.6. The highest BCUT2D eigenvalue weighted by Crippen LogP contribution is 2.19. The van der Waals surface area contributed by atoms with Gasteiger partial charge in [0.05, 0.1) is 13.2 Å². The van der Waals surface area contributed by atoms with Crippen LogP contribution in [0.2, 0.25) is 5.02 Å². The maximum Gasteiger partial charge on any atom is 0.191 e. The average Bonchev–Trinajstić information content (AvgIpc) is 2.63. The Hall–Kier alpha value is -0.950. The van der Waals surface area contributed by atoms with Gasteiger partial charge < -0.3 is 15.4 Å². The Morgan fingerprint density at radius 1 is 1.28 bits per heavy atom. The van der Waals surface area contributed by atoms with Crippen molar-refractivity contribution in [2.75, 3.05) is 58.7 Å². The van der Waals surface area contributed by atoms with Crippen LogP contribution in [0.3, 0.4) is 0 Å². The maximum atomic E-state index is 5.90. The van der Waals surface area contributed by atoms with Crippen LogP contribution in [0.1, 0.15) is 6.92 Å². The molecule has 5 nitrogen and oxygen atoms in total. The van der Waals surface area contributed by atoms with E-state index >= 15 is 0 Å². The first-order valence-electron chi connectivity index (χ1n) is 8.80. The molecule has 0 aliphatic carbocycles. The molecule has 0 radical (unpaired) electrons. The molecule has 2 N–H and O–H groups in total. The maximum absolute atomic E-state index is 5.90. The molecule has 0 spiro atoms. The fourth-order valence-corrected chi connectivity index (χ4v) is 3.54. The van der Waals surface area contributed by atoms with Gasteiger partial charge in [0, 0.05) is 55.4 Å². The molecule has 25 heavy (non-hydrogen) atoms. The van der Waals surface area contributed by atoms with Gasteiger partial charge in [-0.3, -0.25) is 9.89 Å². The molecule has 1 saturated heterocycles. The van der Waals surface area contributed by atoms with E-state index in [2.05, 4.69) is 27.4 Å². The van der Waals surface area contributed by atoms with E-state index in [1.54, 1.807) is 11.8 Å². The van der Waals surface area contributed by atoms with Crippen molar-refractivity contribution >= 4 is 29.3 Å². The highest BCUT2D eigenvalue weighted by atomic mass is 35.5. The van der Waals surface area contributed by atoms with Gasteiger partial charge in [-0.15, -0.1) is 11.8 Å². The zero-order valence-corrected chi connectivity index (χ0v) is 16.7. The molecule has 140 valence electrons. The Morgan fingerprint density at radius 3 is 2.68 bits per heavy atom. The summed E-state index contributed by atoms with van der Waals surface area (Å²) in [5.74, 6) is 2.41. The van der Waals surface area contributed by atoms with Crippen molar-refractivity contribution in [1.82, 2.24) is 15.5 Å². The number of aliphatic imine (C=N–C) groups is 1. The summed E-state index contributed by atoms with van der Waals surface area (Å²) in [4.78, 5) is 7.99. The first kappa shape index (κ1) is 20.4. The van der Waals surface area contributed by atoms with E-state index in [4.69, 9.17) is 16.3 Å². The Labute approximate surface area is 160 Å². The molecule has 1 unspecified atom stereocenters. The highest BCUT2D eigenvalue weighted by Gasteiger charge is 2.13. The molecule has 1 heterocycles. The number of nitrogens with one attached hydrogen (secondary N) is 2. The van der Waals surface area contributed by atoms with Crippen molar-refractivity contribution in [2.45, 2.75) is 11.8 Å². The minimum absolute atomic E-state index is 0.570. The number of hydrogen-bond acceptors (Lipinski definition) is 4. The summed E-state index contributed by atoms with van der Waals surface area (Å²) in [6.45, 7) is 8.94. The van der Waals surface area contributed by atoms with Gasteiger partial charge in [0.25, 0.3) is 0 Å². The summed E-state index contributed by atoms with van der Waals surface area (Å²) < 4.78 is 5.39. The van der Waals surface area contributed by atoms with E-state index < -0.39 is 0 Å². The third kappa shape index (κ3) is 8.31. The van der Waals surface area contributed by atoms with Gasteiger partial charge in [0.2, 0.25) is 0 Å². The van der Waals surface area contributed by atoms with Gasteiger partial charge >= 0.3 is 0 Å². The number of guanidine groups is 1. The Morgan fingerprint density at radius 2 is 2.00 bits per heavy atom. The van der Waals surface area contributed by atoms with E-state index in [0.29, 0.717) is 5.92 Å². The van der Waals surface area contributed by atoms with Crippen molar-refractivity contribution in [3.05, 3.63) is 29.3 Å². The lowest BCUT2D eigenvalue weighted by Crippen LogP contribution is -2.44. The van der Waals surface area contributed by atoms with Crippen LogP contribution in [-0.4, -0.2) is 69.6 Å². The van der Waals surface area contributed by atoms with Crippen LogP contribution in [-0.2, 0) is 4.74 Å². The SMILES string of the molecule is CN=C(NCCSc1ccc(Cl)cc1)NCC(C)CN1CCOCC1. The number of nitrogens with zero attached hydrogens (tertiary/aromatic N) is 2. The zero-order valence-electron chi connectivity index (χ0n) is 15.1. The first-order chi connectivity index (χ1) is 12.2. The highest BCUT2D eigenvalue weighted by molar-refractivity contribution is 7.99. The molecule has 7 heteroatoms. The minimum Gasteiger partial charge on any atom is -0.379 e. The van der Waals surface area contributed by atoms with Crippen molar-refractivity contribution in [2.24, 2.45) is 10.9 Å². The van der Waals surface area contributed by atoms with Gasteiger partial charge in [-0.1, -0.05) is 18.5 Å². The van der Waals surface area contributed by atoms with Crippen LogP contribution in [0.15, 0.2) is 34.2 Å². The fourth-order valence-electron chi connectivity index (χ4n) is 2.65. The topological polar surface area (TPSA) is 48.9 Å². The Kier molecular flexibility index (Phi) is 9.47. The molecule has 1 aliphatic rings. The van der Waals surface area contributed by atoms with E-state index in [1.807, 2.05) is 31.3 Å². The lowest BCUT2D eigenvalue weighted by Gasteiger charge is -2.29. The summed E-state index contributed by atoms with van der Waals surface area (Å²) in [6.07, 6.45) is 0. The first-order valence-corrected chi connectivity index (χ1v) is 10.2. The van der Waals surface area contributed by atoms with E-state index in [1.165, 1.54) is 4.90 Å². The number of ether oxygens (including phenoxy) is 1. The normalized spacial score (nSPS) is 17.3. The van der Waals surface area contributed by atoms with Crippen molar-refractivity contribution < 1.29 is 4.74 Å². The summed E-state index contributed by atoms with van der Waals surface area (Å²) in [7, 11) is 1.81. The second-order valence-corrected chi connectivity index (χ2v) is 7.81. The lowest BCUT2D eigenvalue weighted by molar-refractivity contribution is 0.0320. The van der Waals surface area contributed by atoms with E-state index in [0.717, 1.165) is 62.7 Å². The number of hydrogen-bond donors (Lipinski definition) is 2. The number of benzene rings is 1. The van der Waals surface area contributed by atoms with Gasteiger partial charge in [-0.2, -0.15) is 0 Å². The quantitative estimate of drug-likeness (QED) is 0.312. The van der Waals surface area contributed by atoms with Gasteiger partial charge in [-0.25, -0.2) is 0 Å². The second-order valence-electron chi connectivity index (χ2n) is 6.20. The number of thioether (sulfide) groups is 1. The van der Waals surface area contributed by atoms with Crippen LogP contribution >= 0.6 is 23.4 Å². The summed E-state index contributed by atoms with van der Waals surface area (Å²) in [5.41, 5.74) is 0. The Balaban J connectivity index is 1.58. The third-order valence-electron chi connectivity index (χ3n) is 3.99. The van der Waals surface area contributed by atoms with Crippen LogP contribution < -0.4 is 10.6 Å². The van der Waals surface area contributed by atoms with Crippen molar-refractivity contribution in [1.29, 1.82) is 0 Å². The number of halogens is 1. The molecule has 0 amide bonds. The van der Waals surface area contributed by atoms with Crippen LogP contribution in [0.5, 0.6) is 0 Å². The molecule has 0 bridgehead atoms. The van der Waals surface area contributed by atoms with E-state index in [9.17, 15) is 0 Å². The van der Waals surface area contributed by atoms with Crippen LogP contribution in [0, 0.1) is 5.92 Å². The van der Waals surface area contributed by atoms with Gasteiger partial charge in [-0.05, 0) is 30.2 Å². The molecular weight excluding hydrogens is 356 g/mol. The smallest absolute Gasteiger partial charge is 0.191 e. The molecule has 1 aromatic rings. The predicted octanol–water partition coefficient (Wildman–Crippen LogP) is 2.57. The lowest BCUT2D eigenvalue weighted by atomic mass is 10.1. The molecular formula is C18H29ClN4OS. The minimum atomic E-state index is 0.570. The molecule has 0 saturated carbocycles. The summed E-state index contributed by atoms with van der Waals surface area (Å²) in [6, 6.07) is 7.95. The molecule has 0 aromatic heterocycles. The van der Waals surface area contributed by atoms with E-state index in [-0.39, 0.29) is 0 Å². The van der Waals surface area contributed by atoms with Crippen molar-refractivity contribution in [3.63, 3.8) is 0 Å². The monoisotopic (exact) mass is 384 g/mol. The van der Waals surface area contributed by atoms with Crippen LogP contribution in [0.25, 0.3) is 0 Å². The van der Waals surface area contributed by atoms with Crippen molar-refractivity contribution in [3.8, 4) is 0 Å². The molecule has 1 atom stereocenters. The van der Waals surface area contributed by atoms with Gasteiger partial charge in [0.1, 0.15) is 0 Å². The third-order valence-corrected chi connectivity index (χ3v) is 5.26. The molecule has 1 aromatic carbocycles. The van der Waals surface area contributed by atoms with Gasteiger partial charge in [0.15, 0.2) is 5.96 Å².